The lowest BCUT2D eigenvalue weighted by Crippen LogP contribution is -2.34. The van der Waals surface area contributed by atoms with Gasteiger partial charge in [-0.1, -0.05) is 12.1 Å². The van der Waals surface area contributed by atoms with Crippen molar-refractivity contribution in [1.29, 1.82) is 0 Å². The average molecular weight is 683 g/mol. The molecular weight excluding hydrogens is 643 g/mol. The molecule has 3 aromatic carbocycles. The predicted molar refractivity (Wildman–Crippen MR) is 178 cm³/mol. The number of amides is 1. The van der Waals surface area contributed by atoms with Crippen molar-refractivity contribution in [3.8, 4) is 11.3 Å². The number of hydrogen-bond donors (Lipinski definition) is 1. The molecule has 11 nitrogen and oxygen atoms in total. The Balaban J connectivity index is 1.20. The Bertz CT molecular complexity index is 1850. The molecule has 1 saturated carbocycles. The number of fused-ring (bicyclic) bond motifs is 1. The maximum absolute atomic E-state index is 13.7. The average Bonchev–Trinajstić information content (AvgIpc) is 3.86. The number of esters is 1. The van der Waals surface area contributed by atoms with Gasteiger partial charge < -0.3 is 28.7 Å². The molecule has 1 amide bonds. The maximum atomic E-state index is 13.7. The molecule has 0 bridgehead atoms. The van der Waals surface area contributed by atoms with E-state index in [2.05, 4.69) is 5.32 Å². The number of furan rings is 1. The Morgan fingerprint density at radius 2 is 1.65 bits per heavy atom. The van der Waals surface area contributed by atoms with Crippen LogP contribution < -0.4 is 9.62 Å². The number of benzene rings is 3. The van der Waals surface area contributed by atoms with Crippen molar-refractivity contribution in [3.05, 3.63) is 88.7 Å². The van der Waals surface area contributed by atoms with Gasteiger partial charge in [-0.05, 0) is 72.4 Å². The molecule has 0 aliphatic heterocycles. The summed E-state index contributed by atoms with van der Waals surface area (Å²) in [4.78, 5) is 24.7. The van der Waals surface area contributed by atoms with Crippen LogP contribution in [0, 0.1) is 5.82 Å². The molecule has 1 aliphatic carbocycles. The molecule has 1 aliphatic rings. The molecule has 256 valence electrons. The minimum Gasteiger partial charge on any atom is -0.465 e. The van der Waals surface area contributed by atoms with E-state index in [0.717, 1.165) is 30.2 Å². The molecule has 13 heteroatoms. The van der Waals surface area contributed by atoms with Crippen molar-refractivity contribution in [1.82, 2.24) is 5.32 Å². The quantitative estimate of drug-likeness (QED) is 0.117. The van der Waals surface area contributed by atoms with E-state index in [1.165, 1.54) is 42.7 Å². The second-order valence-electron chi connectivity index (χ2n) is 11.4. The fourth-order valence-corrected chi connectivity index (χ4v) is 6.31. The van der Waals surface area contributed by atoms with Crippen molar-refractivity contribution in [3.63, 3.8) is 0 Å². The van der Waals surface area contributed by atoms with Crippen LogP contribution in [0.5, 0.6) is 0 Å². The third-order valence-corrected chi connectivity index (χ3v) is 9.06. The van der Waals surface area contributed by atoms with E-state index in [9.17, 15) is 22.4 Å². The summed E-state index contributed by atoms with van der Waals surface area (Å²) in [5, 5.41) is 3.21. The molecule has 5 rings (SSSR count). The zero-order valence-corrected chi connectivity index (χ0v) is 27.9. The first-order valence-electron chi connectivity index (χ1n) is 15.6. The van der Waals surface area contributed by atoms with Crippen LogP contribution in [-0.4, -0.2) is 80.3 Å². The molecule has 0 spiro atoms. The van der Waals surface area contributed by atoms with Crippen molar-refractivity contribution < 1.29 is 45.8 Å². The third-order valence-electron chi connectivity index (χ3n) is 7.88. The molecule has 1 aromatic heterocycles. The molecule has 0 atom stereocenters. The van der Waals surface area contributed by atoms with E-state index < -0.39 is 21.8 Å². The first-order chi connectivity index (χ1) is 23.1. The number of hydrogen-bond acceptors (Lipinski definition) is 9. The molecule has 1 heterocycles. The van der Waals surface area contributed by atoms with E-state index in [0.29, 0.717) is 59.8 Å². The SMILES string of the molecule is CNC(=O)c1c(-c2ccc(F)cc2)oc2cc(N(CCOCCOCCOCc3cccc(C(=O)OC)c3)S(C)(=O)=O)c(C3CC3)cc12. The van der Waals surface area contributed by atoms with Crippen molar-refractivity contribution in [2.24, 2.45) is 0 Å². The lowest BCUT2D eigenvalue weighted by molar-refractivity contribution is 0.0120. The first kappa shape index (κ1) is 35.0. The van der Waals surface area contributed by atoms with Gasteiger partial charge >= 0.3 is 5.97 Å². The number of carbonyl (C=O) groups excluding carboxylic acids is 2. The summed E-state index contributed by atoms with van der Waals surface area (Å²) in [7, 11) is -0.866. The molecular formula is C35H39FN2O9S. The number of anilines is 1. The maximum Gasteiger partial charge on any atom is 0.337 e. The van der Waals surface area contributed by atoms with Crippen LogP contribution in [0.25, 0.3) is 22.3 Å². The van der Waals surface area contributed by atoms with E-state index in [1.807, 2.05) is 12.1 Å². The Morgan fingerprint density at radius 1 is 0.958 bits per heavy atom. The van der Waals surface area contributed by atoms with Gasteiger partial charge in [0.05, 0.1) is 76.4 Å². The summed E-state index contributed by atoms with van der Waals surface area (Å²) in [6.45, 7) is 1.72. The van der Waals surface area contributed by atoms with E-state index in [1.54, 1.807) is 24.3 Å². The highest BCUT2D eigenvalue weighted by molar-refractivity contribution is 7.92. The summed E-state index contributed by atoms with van der Waals surface area (Å²) >= 11 is 0. The van der Waals surface area contributed by atoms with Crippen LogP contribution in [0.1, 0.15) is 50.6 Å². The molecule has 0 radical (unpaired) electrons. The van der Waals surface area contributed by atoms with Crippen LogP contribution in [0.15, 0.2) is 65.1 Å². The second kappa shape index (κ2) is 15.7. The van der Waals surface area contributed by atoms with Gasteiger partial charge in [0, 0.05) is 24.1 Å². The number of nitrogens with one attached hydrogen (secondary N) is 1. The number of rotatable bonds is 17. The lowest BCUT2D eigenvalue weighted by atomic mass is 10.0. The summed E-state index contributed by atoms with van der Waals surface area (Å²) in [6.07, 6.45) is 2.93. The van der Waals surface area contributed by atoms with E-state index in [4.69, 9.17) is 23.4 Å². The van der Waals surface area contributed by atoms with Gasteiger partial charge in [0.25, 0.3) is 5.91 Å². The van der Waals surface area contributed by atoms with Gasteiger partial charge in [-0.25, -0.2) is 17.6 Å². The summed E-state index contributed by atoms with van der Waals surface area (Å²) in [5.41, 5.74) is 3.75. The summed E-state index contributed by atoms with van der Waals surface area (Å²) in [6, 6.07) is 16.2. The Hall–Kier alpha value is -4.30. The zero-order chi connectivity index (χ0) is 34.3. The fraction of sp³-hybridized carbons (Fsp3) is 0.371. The van der Waals surface area contributed by atoms with Crippen LogP contribution in [0.4, 0.5) is 10.1 Å². The predicted octanol–water partition coefficient (Wildman–Crippen LogP) is 5.28. The summed E-state index contributed by atoms with van der Waals surface area (Å²) < 4.78 is 68.9. The molecule has 4 aromatic rings. The van der Waals surface area contributed by atoms with Crippen molar-refractivity contribution in [2.75, 3.05) is 64.3 Å². The number of methoxy groups -OCH3 is 1. The van der Waals surface area contributed by atoms with Gasteiger partial charge in [-0.3, -0.25) is 9.10 Å². The number of carbonyl (C=O) groups is 2. The topological polar surface area (TPSA) is 134 Å². The number of nitrogens with zero attached hydrogens (tertiary/aromatic N) is 1. The molecule has 48 heavy (non-hydrogen) atoms. The van der Waals surface area contributed by atoms with E-state index in [-0.39, 0.29) is 37.3 Å². The second-order valence-corrected chi connectivity index (χ2v) is 13.3. The lowest BCUT2D eigenvalue weighted by Gasteiger charge is -2.25. The first-order valence-corrected chi connectivity index (χ1v) is 17.4. The third kappa shape index (κ3) is 8.58. The minimum atomic E-state index is -3.72. The number of sulfonamides is 1. The Kier molecular flexibility index (Phi) is 11.5. The van der Waals surface area contributed by atoms with Crippen molar-refractivity contribution in [2.45, 2.75) is 25.4 Å². The molecule has 0 saturated heterocycles. The monoisotopic (exact) mass is 682 g/mol. The van der Waals surface area contributed by atoms with Crippen LogP contribution in [-0.2, 0) is 35.6 Å². The van der Waals surface area contributed by atoms with Crippen LogP contribution in [0.3, 0.4) is 0 Å². The highest BCUT2D eigenvalue weighted by atomic mass is 32.2. The number of halogens is 1. The smallest absolute Gasteiger partial charge is 0.337 e. The van der Waals surface area contributed by atoms with Gasteiger partial charge in [0.2, 0.25) is 10.0 Å². The van der Waals surface area contributed by atoms with Gasteiger partial charge in [0.1, 0.15) is 17.2 Å². The highest BCUT2D eigenvalue weighted by Crippen LogP contribution is 2.48. The largest absolute Gasteiger partial charge is 0.465 e. The molecule has 1 fully saturated rings. The molecule has 1 N–H and O–H groups in total. The van der Waals surface area contributed by atoms with Gasteiger partial charge in [0.15, 0.2) is 0 Å². The standard InChI is InChI=1S/C35H39FN2O9S/c1-37-34(39)32-29-20-28(24-7-8-24)30(21-31(29)47-33(32)25-9-11-27(36)12-10-25)38(48(3,41)42)13-14-44-15-16-45-17-18-46-22-23-5-4-6-26(19-23)35(40)43-2/h4-6,9-12,19-21,24H,7-8,13-18,22H2,1-3H3,(H,37,39). The van der Waals surface area contributed by atoms with E-state index >= 15 is 0 Å². The van der Waals surface area contributed by atoms with Crippen molar-refractivity contribution >= 4 is 38.6 Å². The molecule has 0 unspecified atom stereocenters. The highest BCUT2D eigenvalue weighted by Gasteiger charge is 2.33. The van der Waals surface area contributed by atoms with Gasteiger partial charge in [-0.15, -0.1) is 0 Å². The zero-order valence-electron chi connectivity index (χ0n) is 27.1. The number of ether oxygens (including phenoxy) is 4. The van der Waals surface area contributed by atoms with Gasteiger partial charge in [-0.2, -0.15) is 0 Å². The fourth-order valence-electron chi connectivity index (χ4n) is 5.39. The normalized spacial score (nSPS) is 13.1. The minimum absolute atomic E-state index is 0.0612. The van der Waals surface area contributed by atoms with Crippen LogP contribution in [0.2, 0.25) is 0 Å². The van der Waals surface area contributed by atoms with Crippen LogP contribution >= 0.6 is 0 Å². The summed E-state index contributed by atoms with van der Waals surface area (Å²) in [5.74, 6) is -0.775. The Labute approximate surface area is 279 Å². The Morgan fingerprint density at radius 3 is 2.29 bits per heavy atom.